The zero-order valence-corrected chi connectivity index (χ0v) is 20.4. The van der Waals surface area contributed by atoms with Gasteiger partial charge in [-0.2, -0.15) is 5.10 Å². The molecule has 0 atom stereocenters. The number of hydrogen-bond acceptors (Lipinski definition) is 4. The normalized spacial score (nSPS) is 11.6. The Labute approximate surface area is 213 Å². The molecule has 0 aliphatic rings. The number of benzene rings is 3. The molecular weight excluding hydrogens is 478 g/mol. The van der Waals surface area contributed by atoms with E-state index < -0.39 is 17.5 Å². The second-order valence-corrected chi connectivity index (χ2v) is 8.68. The SMILES string of the molecule is Cc1cc(/C=N\NC(=O)C(O)(c2ccccc2)c2ccccc2)c(C)n1-c1ccc(C(=O)O)c(Cl)c1. The average molecular weight is 502 g/mol. The molecule has 4 aromatic rings. The van der Waals surface area contributed by atoms with Crippen LogP contribution in [0.5, 0.6) is 0 Å². The standard InChI is InChI=1S/C28H24ClN3O4/c1-18-15-20(19(2)32(18)23-13-14-24(26(33)34)25(29)16-23)17-30-31-27(35)28(36,21-9-5-3-6-10-21)22-11-7-4-8-12-22/h3-17,36H,1-2H3,(H,31,35)(H,33,34)/b30-17-. The molecule has 4 rings (SSSR count). The fourth-order valence-corrected chi connectivity index (χ4v) is 4.42. The highest BCUT2D eigenvalue weighted by Gasteiger charge is 2.39. The summed E-state index contributed by atoms with van der Waals surface area (Å²) in [5, 5.41) is 25.0. The minimum Gasteiger partial charge on any atom is -0.478 e. The molecule has 0 bridgehead atoms. The maximum atomic E-state index is 13.2. The number of carboxylic acids is 1. The summed E-state index contributed by atoms with van der Waals surface area (Å²) in [7, 11) is 0. The molecule has 0 unspecified atom stereocenters. The molecule has 0 saturated heterocycles. The molecule has 3 aromatic carbocycles. The minimum absolute atomic E-state index is 0.0247. The van der Waals surface area contributed by atoms with Crippen molar-refractivity contribution >= 4 is 29.7 Å². The Morgan fingerprint density at radius 1 is 0.944 bits per heavy atom. The summed E-state index contributed by atoms with van der Waals surface area (Å²) in [6, 6.07) is 24.0. The number of aryl methyl sites for hydroxylation is 1. The summed E-state index contributed by atoms with van der Waals surface area (Å²) in [5.74, 6) is -1.79. The van der Waals surface area contributed by atoms with Gasteiger partial charge in [0, 0.05) is 22.6 Å². The number of nitrogens with one attached hydrogen (secondary N) is 1. The summed E-state index contributed by atoms with van der Waals surface area (Å²) in [5.41, 5.74) is 4.52. The lowest BCUT2D eigenvalue weighted by atomic mass is 9.85. The van der Waals surface area contributed by atoms with Crippen LogP contribution in [0.2, 0.25) is 5.02 Å². The van der Waals surface area contributed by atoms with Gasteiger partial charge >= 0.3 is 5.97 Å². The third-order valence-corrected chi connectivity index (χ3v) is 6.31. The number of amides is 1. The second-order valence-electron chi connectivity index (χ2n) is 8.27. The van der Waals surface area contributed by atoms with Crippen LogP contribution < -0.4 is 5.43 Å². The number of aromatic nitrogens is 1. The molecule has 3 N–H and O–H groups in total. The molecule has 8 heteroatoms. The van der Waals surface area contributed by atoms with Crippen molar-refractivity contribution in [3.8, 4) is 5.69 Å². The van der Waals surface area contributed by atoms with Crippen LogP contribution in [-0.2, 0) is 10.4 Å². The molecule has 0 saturated carbocycles. The molecule has 0 aliphatic carbocycles. The van der Waals surface area contributed by atoms with Gasteiger partial charge in [0.25, 0.3) is 5.91 Å². The first-order valence-corrected chi connectivity index (χ1v) is 11.5. The van der Waals surface area contributed by atoms with Gasteiger partial charge < -0.3 is 14.8 Å². The van der Waals surface area contributed by atoms with Crippen LogP contribution in [-0.4, -0.2) is 32.9 Å². The molecule has 0 radical (unpaired) electrons. The molecule has 36 heavy (non-hydrogen) atoms. The molecule has 1 amide bonds. The third-order valence-electron chi connectivity index (χ3n) is 5.99. The first kappa shape index (κ1) is 24.9. The predicted molar refractivity (Wildman–Crippen MR) is 139 cm³/mol. The van der Waals surface area contributed by atoms with Crippen LogP contribution in [0.1, 0.15) is 38.4 Å². The van der Waals surface area contributed by atoms with Gasteiger partial charge in [0.05, 0.1) is 16.8 Å². The highest BCUT2D eigenvalue weighted by molar-refractivity contribution is 6.33. The highest BCUT2D eigenvalue weighted by atomic mass is 35.5. The van der Waals surface area contributed by atoms with E-state index in [4.69, 9.17) is 11.6 Å². The van der Waals surface area contributed by atoms with E-state index in [2.05, 4.69) is 10.5 Å². The summed E-state index contributed by atoms with van der Waals surface area (Å²) in [6.45, 7) is 3.77. The topological polar surface area (TPSA) is 104 Å². The van der Waals surface area contributed by atoms with Crippen molar-refractivity contribution in [1.82, 2.24) is 9.99 Å². The number of carboxylic acid groups (broad SMARTS) is 1. The monoisotopic (exact) mass is 501 g/mol. The Hall–Kier alpha value is -4.20. The van der Waals surface area contributed by atoms with Crippen molar-refractivity contribution in [1.29, 1.82) is 0 Å². The van der Waals surface area contributed by atoms with Crippen LogP contribution >= 0.6 is 11.6 Å². The van der Waals surface area contributed by atoms with Gasteiger partial charge in [-0.15, -0.1) is 0 Å². The van der Waals surface area contributed by atoms with Gasteiger partial charge in [-0.3, -0.25) is 4.79 Å². The quantitative estimate of drug-likeness (QED) is 0.249. The summed E-state index contributed by atoms with van der Waals surface area (Å²) < 4.78 is 1.91. The van der Waals surface area contributed by atoms with E-state index in [0.717, 1.165) is 17.0 Å². The smallest absolute Gasteiger partial charge is 0.337 e. The van der Waals surface area contributed by atoms with Crippen molar-refractivity contribution < 1.29 is 19.8 Å². The Kier molecular flexibility index (Phi) is 7.05. The summed E-state index contributed by atoms with van der Waals surface area (Å²) in [4.78, 5) is 24.5. The van der Waals surface area contributed by atoms with Gasteiger partial charge in [0.1, 0.15) is 0 Å². The van der Waals surface area contributed by atoms with Crippen LogP contribution in [0.4, 0.5) is 0 Å². The Bertz CT molecular complexity index is 1410. The van der Waals surface area contributed by atoms with Gasteiger partial charge in [-0.25, -0.2) is 10.2 Å². The van der Waals surface area contributed by atoms with E-state index in [-0.39, 0.29) is 10.6 Å². The number of carbonyl (C=O) groups is 2. The van der Waals surface area contributed by atoms with Crippen molar-refractivity contribution in [2.24, 2.45) is 5.10 Å². The number of hydrogen-bond donors (Lipinski definition) is 3. The molecule has 0 fully saturated rings. The Balaban J connectivity index is 1.61. The van der Waals surface area contributed by atoms with Crippen LogP contribution in [0, 0.1) is 13.8 Å². The molecule has 0 spiro atoms. The zero-order chi connectivity index (χ0) is 25.9. The fourth-order valence-electron chi connectivity index (χ4n) is 4.16. The maximum absolute atomic E-state index is 13.2. The number of hydrazone groups is 1. The van der Waals surface area contributed by atoms with Gasteiger partial charge in [-0.1, -0.05) is 72.3 Å². The van der Waals surface area contributed by atoms with Crippen LogP contribution in [0.3, 0.4) is 0 Å². The van der Waals surface area contributed by atoms with E-state index in [1.165, 1.54) is 12.3 Å². The van der Waals surface area contributed by atoms with E-state index in [9.17, 15) is 19.8 Å². The van der Waals surface area contributed by atoms with Crippen molar-refractivity contribution in [3.05, 3.63) is 124 Å². The zero-order valence-electron chi connectivity index (χ0n) is 19.6. The number of aromatic carboxylic acids is 1. The molecule has 7 nitrogen and oxygen atoms in total. The van der Waals surface area contributed by atoms with Crippen LogP contribution in [0.25, 0.3) is 5.69 Å². The molecule has 1 aromatic heterocycles. The molecule has 1 heterocycles. The minimum atomic E-state index is -1.93. The lowest BCUT2D eigenvalue weighted by Crippen LogP contribution is -2.43. The number of carbonyl (C=O) groups excluding carboxylic acids is 1. The average Bonchev–Trinajstić information content (AvgIpc) is 3.16. The predicted octanol–water partition coefficient (Wildman–Crippen LogP) is 4.83. The third kappa shape index (κ3) is 4.66. The van der Waals surface area contributed by atoms with E-state index >= 15 is 0 Å². The first-order chi connectivity index (χ1) is 17.2. The molecular formula is C28H24ClN3O4. The van der Waals surface area contributed by atoms with Gasteiger partial charge in [-0.05, 0) is 49.2 Å². The van der Waals surface area contributed by atoms with Crippen LogP contribution in [0.15, 0.2) is 90.0 Å². The molecule has 0 aliphatic heterocycles. The van der Waals surface area contributed by atoms with E-state index in [0.29, 0.717) is 16.8 Å². The summed E-state index contributed by atoms with van der Waals surface area (Å²) >= 11 is 6.16. The molecule has 182 valence electrons. The number of aliphatic hydroxyl groups is 1. The number of rotatable bonds is 7. The lowest BCUT2D eigenvalue weighted by Gasteiger charge is -2.27. The van der Waals surface area contributed by atoms with Crippen molar-refractivity contribution in [3.63, 3.8) is 0 Å². The fraction of sp³-hybridized carbons (Fsp3) is 0.107. The van der Waals surface area contributed by atoms with Crippen molar-refractivity contribution in [2.75, 3.05) is 0 Å². The Morgan fingerprint density at radius 3 is 2.06 bits per heavy atom. The van der Waals surface area contributed by atoms with E-state index in [1.807, 2.05) is 36.6 Å². The maximum Gasteiger partial charge on any atom is 0.337 e. The van der Waals surface area contributed by atoms with Gasteiger partial charge in [0.2, 0.25) is 0 Å². The first-order valence-electron chi connectivity index (χ1n) is 11.1. The Morgan fingerprint density at radius 2 is 1.53 bits per heavy atom. The highest BCUT2D eigenvalue weighted by Crippen LogP contribution is 2.30. The summed E-state index contributed by atoms with van der Waals surface area (Å²) in [6.07, 6.45) is 1.50. The van der Waals surface area contributed by atoms with Gasteiger partial charge in [0.15, 0.2) is 5.60 Å². The van der Waals surface area contributed by atoms with Crippen molar-refractivity contribution in [2.45, 2.75) is 19.4 Å². The second kappa shape index (κ2) is 10.2. The largest absolute Gasteiger partial charge is 0.478 e. The van der Waals surface area contributed by atoms with E-state index in [1.54, 1.807) is 60.7 Å². The number of nitrogens with zero attached hydrogens (tertiary/aromatic N) is 2. The lowest BCUT2D eigenvalue weighted by molar-refractivity contribution is -0.136. The number of halogens is 1.